The van der Waals surface area contributed by atoms with Gasteiger partial charge in [0.15, 0.2) is 0 Å². The first-order chi connectivity index (χ1) is 8.69. The van der Waals surface area contributed by atoms with Crippen LogP contribution in [0.15, 0.2) is 46.9 Å². The zero-order valence-corrected chi connectivity index (χ0v) is 12.0. The molecule has 2 rings (SSSR count). The van der Waals surface area contributed by atoms with Gasteiger partial charge in [0.25, 0.3) is 0 Å². The molecule has 94 valence electrons. The Hall–Kier alpha value is -1.48. The van der Waals surface area contributed by atoms with Crippen LogP contribution in [0.25, 0.3) is 0 Å². The number of rotatable bonds is 4. The molecule has 2 aromatic carbocycles. The minimum absolute atomic E-state index is 0.549. The molecule has 0 aliphatic heterocycles. The van der Waals surface area contributed by atoms with E-state index in [2.05, 4.69) is 41.1 Å². The van der Waals surface area contributed by atoms with E-state index in [4.69, 9.17) is 9.47 Å². The molecule has 0 atom stereocenters. The lowest BCUT2D eigenvalue weighted by Gasteiger charge is -2.09. The Morgan fingerprint density at radius 3 is 2.28 bits per heavy atom. The highest BCUT2D eigenvalue weighted by Crippen LogP contribution is 2.22. The Morgan fingerprint density at radius 1 is 1.00 bits per heavy atom. The first-order valence-electron chi connectivity index (χ1n) is 5.71. The monoisotopic (exact) mass is 306 g/mol. The van der Waals surface area contributed by atoms with Crippen molar-refractivity contribution in [1.82, 2.24) is 0 Å². The van der Waals surface area contributed by atoms with Gasteiger partial charge < -0.3 is 9.47 Å². The molecule has 0 unspecified atom stereocenters. The topological polar surface area (TPSA) is 18.5 Å². The summed E-state index contributed by atoms with van der Waals surface area (Å²) < 4.78 is 11.9. The van der Waals surface area contributed by atoms with Crippen LogP contribution in [-0.2, 0) is 6.61 Å². The average molecular weight is 307 g/mol. The van der Waals surface area contributed by atoms with Crippen molar-refractivity contribution in [2.45, 2.75) is 13.5 Å². The maximum absolute atomic E-state index is 5.73. The lowest BCUT2D eigenvalue weighted by molar-refractivity contribution is 0.304. The van der Waals surface area contributed by atoms with Crippen molar-refractivity contribution >= 4 is 15.9 Å². The molecule has 0 saturated carbocycles. The molecule has 0 radical (unpaired) electrons. The molecule has 0 aliphatic rings. The fourth-order valence-corrected chi connectivity index (χ4v) is 2.21. The van der Waals surface area contributed by atoms with E-state index in [1.807, 2.05) is 24.3 Å². The quantitative estimate of drug-likeness (QED) is 0.836. The molecule has 0 bridgehead atoms. The largest absolute Gasteiger partial charge is 0.497 e. The van der Waals surface area contributed by atoms with Crippen molar-refractivity contribution in [3.05, 3.63) is 58.1 Å². The maximum Gasteiger partial charge on any atom is 0.120 e. The maximum atomic E-state index is 5.73. The molecule has 0 fully saturated rings. The van der Waals surface area contributed by atoms with Crippen molar-refractivity contribution < 1.29 is 9.47 Å². The number of methoxy groups -OCH3 is 1. The zero-order chi connectivity index (χ0) is 13.0. The molecule has 2 nitrogen and oxygen atoms in total. The van der Waals surface area contributed by atoms with E-state index >= 15 is 0 Å². The number of hydrogen-bond donors (Lipinski definition) is 0. The van der Waals surface area contributed by atoms with Gasteiger partial charge in [-0.1, -0.05) is 28.1 Å². The molecular weight excluding hydrogens is 292 g/mol. The third-order valence-electron chi connectivity index (χ3n) is 2.66. The first kappa shape index (κ1) is 13.0. The summed E-state index contributed by atoms with van der Waals surface area (Å²) in [6.07, 6.45) is 0. The second kappa shape index (κ2) is 5.91. The normalized spacial score (nSPS) is 10.2. The van der Waals surface area contributed by atoms with E-state index in [-0.39, 0.29) is 0 Å². The molecule has 3 heteroatoms. The highest BCUT2D eigenvalue weighted by atomic mass is 79.9. The Morgan fingerprint density at radius 2 is 1.67 bits per heavy atom. The lowest BCUT2D eigenvalue weighted by atomic mass is 10.2. The molecule has 0 saturated heterocycles. The van der Waals surface area contributed by atoms with E-state index in [0.29, 0.717) is 6.61 Å². The van der Waals surface area contributed by atoms with Gasteiger partial charge in [-0.2, -0.15) is 0 Å². The number of benzene rings is 2. The van der Waals surface area contributed by atoms with Crippen LogP contribution in [-0.4, -0.2) is 7.11 Å². The third kappa shape index (κ3) is 3.26. The van der Waals surface area contributed by atoms with Crippen LogP contribution in [0.2, 0.25) is 0 Å². The second-order valence-electron chi connectivity index (χ2n) is 4.06. The summed E-state index contributed by atoms with van der Waals surface area (Å²) in [7, 11) is 1.65. The zero-order valence-electron chi connectivity index (χ0n) is 10.4. The van der Waals surface area contributed by atoms with Gasteiger partial charge in [-0.25, -0.2) is 0 Å². The van der Waals surface area contributed by atoms with Crippen molar-refractivity contribution in [3.8, 4) is 11.5 Å². The van der Waals surface area contributed by atoms with E-state index in [0.717, 1.165) is 21.5 Å². The summed E-state index contributed by atoms with van der Waals surface area (Å²) in [5.74, 6) is 1.67. The van der Waals surface area contributed by atoms with Gasteiger partial charge in [0.1, 0.15) is 18.1 Å². The minimum Gasteiger partial charge on any atom is -0.497 e. The smallest absolute Gasteiger partial charge is 0.120 e. The number of ether oxygens (including phenoxy) is 2. The van der Waals surface area contributed by atoms with Gasteiger partial charge in [0.05, 0.1) is 7.11 Å². The predicted molar refractivity (Wildman–Crippen MR) is 76.2 cm³/mol. The summed E-state index contributed by atoms with van der Waals surface area (Å²) in [6.45, 7) is 2.62. The molecule has 0 spiro atoms. The van der Waals surface area contributed by atoms with Crippen LogP contribution in [0.3, 0.4) is 0 Å². The molecule has 0 aromatic heterocycles. The lowest BCUT2D eigenvalue weighted by Crippen LogP contribution is -1.96. The van der Waals surface area contributed by atoms with Gasteiger partial charge >= 0.3 is 0 Å². The van der Waals surface area contributed by atoms with Crippen LogP contribution in [0.1, 0.15) is 11.1 Å². The second-order valence-corrected chi connectivity index (χ2v) is 4.91. The van der Waals surface area contributed by atoms with Gasteiger partial charge in [-0.05, 0) is 42.8 Å². The van der Waals surface area contributed by atoms with Crippen molar-refractivity contribution in [1.29, 1.82) is 0 Å². The molecule has 2 aromatic rings. The van der Waals surface area contributed by atoms with E-state index in [1.54, 1.807) is 7.11 Å². The summed E-state index contributed by atoms with van der Waals surface area (Å²) in [6, 6.07) is 13.8. The fraction of sp³-hybridized carbons (Fsp3) is 0.200. The summed E-state index contributed by atoms with van der Waals surface area (Å²) in [5, 5.41) is 0. The first-order valence-corrected chi connectivity index (χ1v) is 6.50. The standard InChI is InChI=1S/C15H15BrO2/c1-11-3-4-12(15(16)9-11)10-18-14-7-5-13(17-2)6-8-14/h3-9H,10H2,1-2H3. The molecule has 18 heavy (non-hydrogen) atoms. The van der Waals surface area contributed by atoms with Crippen LogP contribution >= 0.6 is 15.9 Å². The van der Waals surface area contributed by atoms with Crippen molar-refractivity contribution in [3.63, 3.8) is 0 Å². The number of hydrogen-bond acceptors (Lipinski definition) is 2. The van der Waals surface area contributed by atoms with Gasteiger partial charge in [-0.15, -0.1) is 0 Å². The van der Waals surface area contributed by atoms with Crippen LogP contribution < -0.4 is 9.47 Å². The number of aryl methyl sites for hydroxylation is 1. The van der Waals surface area contributed by atoms with Gasteiger partial charge in [0, 0.05) is 10.0 Å². The summed E-state index contributed by atoms with van der Waals surface area (Å²) in [5.41, 5.74) is 2.37. The molecule has 0 amide bonds. The van der Waals surface area contributed by atoms with Gasteiger partial charge in [-0.3, -0.25) is 0 Å². The third-order valence-corrected chi connectivity index (χ3v) is 3.40. The summed E-state index contributed by atoms with van der Waals surface area (Å²) in [4.78, 5) is 0. The van der Waals surface area contributed by atoms with Crippen molar-refractivity contribution in [2.75, 3.05) is 7.11 Å². The van der Waals surface area contributed by atoms with Crippen LogP contribution in [0.4, 0.5) is 0 Å². The number of halogens is 1. The SMILES string of the molecule is COc1ccc(OCc2ccc(C)cc2Br)cc1. The molecular formula is C15H15BrO2. The van der Waals surface area contributed by atoms with E-state index in [9.17, 15) is 0 Å². The Balaban J connectivity index is 2.02. The Labute approximate surface area is 116 Å². The highest BCUT2D eigenvalue weighted by Gasteiger charge is 2.01. The van der Waals surface area contributed by atoms with Crippen LogP contribution in [0, 0.1) is 6.92 Å². The molecule has 0 N–H and O–H groups in total. The highest BCUT2D eigenvalue weighted by molar-refractivity contribution is 9.10. The molecule has 0 heterocycles. The average Bonchev–Trinajstić information content (AvgIpc) is 2.38. The van der Waals surface area contributed by atoms with Crippen molar-refractivity contribution in [2.24, 2.45) is 0 Å². The van der Waals surface area contributed by atoms with E-state index in [1.165, 1.54) is 5.56 Å². The summed E-state index contributed by atoms with van der Waals surface area (Å²) >= 11 is 3.54. The Kier molecular flexibility index (Phi) is 4.26. The molecule has 0 aliphatic carbocycles. The fourth-order valence-electron chi connectivity index (χ4n) is 1.60. The Bertz CT molecular complexity index is 521. The van der Waals surface area contributed by atoms with Gasteiger partial charge in [0.2, 0.25) is 0 Å². The van der Waals surface area contributed by atoms with Crippen LogP contribution in [0.5, 0.6) is 11.5 Å². The predicted octanol–water partition coefficient (Wildman–Crippen LogP) is 4.35. The minimum atomic E-state index is 0.549. The van der Waals surface area contributed by atoms with E-state index < -0.39 is 0 Å².